The van der Waals surface area contributed by atoms with Crippen molar-refractivity contribution in [3.05, 3.63) is 55.8 Å². The van der Waals surface area contributed by atoms with E-state index in [4.69, 9.17) is 0 Å². The van der Waals surface area contributed by atoms with Gasteiger partial charge in [0.1, 0.15) is 0 Å². The van der Waals surface area contributed by atoms with Crippen LogP contribution in [0.2, 0.25) is 0 Å². The molecule has 0 spiro atoms. The molecule has 0 fully saturated rings. The van der Waals surface area contributed by atoms with E-state index in [0.29, 0.717) is 0 Å². The molecule has 0 saturated carbocycles. The van der Waals surface area contributed by atoms with E-state index in [1.165, 1.54) is 13.3 Å². The van der Waals surface area contributed by atoms with Crippen molar-refractivity contribution < 1.29 is 0 Å². The fraction of sp³-hybridized carbons (Fsp3) is 0.0909. The van der Waals surface area contributed by atoms with Crippen LogP contribution in [0.25, 0.3) is 0 Å². The maximum atomic E-state index is 2.36. The van der Waals surface area contributed by atoms with Gasteiger partial charge in [-0.3, -0.25) is 0 Å². The van der Waals surface area contributed by atoms with E-state index in [0.717, 1.165) is 6.42 Å². The summed E-state index contributed by atoms with van der Waals surface area (Å²) < 4.78 is 1.36. The van der Waals surface area contributed by atoms with E-state index in [9.17, 15) is 0 Å². The molecule has 0 unspecified atom stereocenters. The zero-order valence-electron chi connectivity index (χ0n) is 7.03. The van der Waals surface area contributed by atoms with Crippen LogP contribution in [0.4, 0.5) is 0 Å². The molecule has 1 aromatic heterocycles. The van der Waals surface area contributed by atoms with Crippen LogP contribution in [-0.4, -0.2) is 0 Å². The van der Waals surface area contributed by atoms with Crippen LogP contribution in [0.15, 0.2) is 42.5 Å². The number of benzene rings is 1. The van der Waals surface area contributed by atoms with E-state index < -0.39 is 0 Å². The first-order chi connectivity index (χ1) is 6.34. The second-order valence-electron chi connectivity index (χ2n) is 2.87. The summed E-state index contributed by atoms with van der Waals surface area (Å²) in [6, 6.07) is 15.0. The molecular formula is C11H9IS. The lowest BCUT2D eigenvalue weighted by atomic mass is 10.1. The minimum absolute atomic E-state index is 1.06. The van der Waals surface area contributed by atoms with Crippen LogP contribution in [0.3, 0.4) is 0 Å². The first kappa shape index (κ1) is 9.21. The van der Waals surface area contributed by atoms with Crippen molar-refractivity contribution in [2.24, 2.45) is 0 Å². The van der Waals surface area contributed by atoms with Crippen LogP contribution < -0.4 is 0 Å². The second-order valence-corrected chi connectivity index (χ2v) is 5.93. The third kappa shape index (κ3) is 2.54. The SMILES string of the molecule is Ic1ccc(Cc2ccccc2)s1. The van der Waals surface area contributed by atoms with Gasteiger partial charge in [0.2, 0.25) is 0 Å². The summed E-state index contributed by atoms with van der Waals surface area (Å²) >= 11 is 4.23. The van der Waals surface area contributed by atoms with Crippen molar-refractivity contribution >= 4 is 33.9 Å². The lowest BCUT2D eigenvalue weighted by Crippen LogP contribution is -1.81. The van der Waals surface area contributed by atoms with Crippen molar-refractivity contribution in [1.29, 1.82) is 0 Å². The average molecular weight is 300 g/mol. The molecule has 0 aliphatic rings. The number of rotatable bonds is 2. The Hall–Kier alpha value is -0.350. The molecule has 2 heteroatoms. The molecule has 2 rings (SSSR count). The van der Waals surface area contributed by atoms with E-state index in [1.807, 2.05) is 11.3 Å². The lowest BCUT2D eigenvalue weighted by molar-refractivity contribution is 1.24. The molecule has 13 heavy (non-hydrogen) atoms. The third-order valence-electron chi connectivity index (χ3n) is 1.85. The van der Waals surface area contributed by atoms with E-state index in [-0.39, 0.29) is 0 Å². The van der Waals surface area contributed by atoms with Gasteiger partial charge >= 0.3 is 0 Å². The number of hydrogen-bond donors (Lipinski definition) is 0. The molecule has 0 aliphatic carbocycles. The van der Waals surface area contributed by atoms with Gasteiger partial charge in [-0.1, -0.05) is 30.3 Å². The van der Waals surface area contributed by atoms with Gasteiger partial charge in [-0.2, -0.15) is 0 Å². The highest BCUT2D eigenvalue weighted by Gasteiger charge is 1.98. The van der Waals surface area contributed by atoms with Crippen LogP contribution in [0, 0.1) is 2.88 Å². The highest BCUT2D eigenvalue weighted by atomic mass is 127. The quantitative estimate of drug-likeness (QED) is 0.737. The Morgan fingerprint density at radius 3 is 2.38 bits per heavy atom. The van der Waals surface area contributed by atoms with Crippen LogP contribution >= 0.6 is 33.9 Å². The lowest BCUT2D eigenvalue weighted by Gasteiger charge is -1.96. The Labute approximate surface area is 95.8 Å². The van der Waals surface area contributed by atoms with Crippen molar-refractivity contribution in [2.45, 2.75) is 6.42 Å². The number of halogens is 1. The maximum Gasteiger partial charge on any atom is 0.0656 e. The molecule has 0 amide bonds. The zero-order valence-corrected chi connectivity index (χ0v) is 10.0. The second kappa shape index (κ2) is 4.24. The van der Waals surface area contributed by atoms with Crippen molar-refractivity contribution in [3.63, 3.8) is 0 Å². The Morgan fingerprint density at radius 1 is 1.00 bits per heavy atom. The third-order valence-corrected chi connectivity index (χ3v) is 3.74. The highest BCUT2D eigenvalue weighted by Crippen LogP contribution is 2.20. The highest BCUT2D eigenvalue weighted by molar-refractivity contribution is 14.1. The molecule has 2 aromatic rings. The van der Waals surface area contributed by atoms with Crippen LogP contribution in [0.1, 0.15) is 10.4 Å². The van der Waals surface area contributed by atoms with E-state index >= 15 is 0 Å². The van der Waals surface area contributed by atoms with Gasteiger partial charge in [0.15, 0.2) is 0 Å². The smallest absolute Gasteiger partial charge is 0.0656 e. The molecular weight excluding hydrogens is 291 g/mol. The average Bonchev–Trinajstić information content (AvgIpc) is 2.53. The molecule has 1 aromatic carbocycles. The fourth-order valence-corrected chi connectivity index (χ4v) is 3.03. The monoisotopic (exact) mass is 300 g/mol. The summed E-state index contributed by atoms with van der Waals surface area (Å²) in [7, 11) is 0. The van der Waals surface area contributed by atoms with Crippen molar-refractivity contribution in [1.82, 2.24) is 0 Å². The largest absolute Gasteiger partial charge is 0.134 e. The van der Waals surface area contributed by atoms with Gasteiger partial charge in [0.05, 0.1) is 2.88 Å². The predicted octanol–water partition coefficient (Wildman–Crippen LogP) is 3.94. The summed E-state index contributed by atoms with van der Waals surface area (Å²) in [4.78, 5) is 1.44. The molecule has 1 heterocycles. The zero-order chi connectivity index (χ0) is 9.10. The molecule has 66 valence electrons. The summed E-state index contributed by atoms with van der Waals surface area (Å²) in [5.41, 5.74) is 1.39. The minimum atomic E-state index is 1.06. The molecule has 0 nitrogen and oxygen atoms in total. The minimum Gasteiger partial charge on any atom is -0.134 e. The summed E-state index contributed by atoms with van der Waals surface area (Å²) in [5, 5.41) is 0. The van der Waals surface area contributed by atoms with Gasteiger partial charge in [-0.05, 0) is 40.3 Å². The van der Waals surface area contributed by atoms with Crippen molar-refractivity contribution in [3.8, 4) is 0 Å². The van der Waals surface area contributed by atoms with Crippen molar-refractivity contribution in [2.75, 3.05) is 0 Å². The number of hydrogen-bond acceptors (Lipinski definition) is 1. The van der Waals surface area contributed by atoms with Crippen LogP contribution in [0.5, 0.6) is 0 Å². The van der Waals surface area contributed by atoms with E-state index in [1.54, 1.807) is 0 Å². The fourth-order valence-electron chi connectivity index (χ4n) is 1.24. The normalized spacial score (nSPS) is 10.2. The molecule has 0 N–H and O–H groups in total. The molecule has 0 atom stereocenters. The topological polar surface area (TPSA) is 0 Å². The Kier molecular flexibility index (Phi) is 3.01. The van der Waals surface area contributed by atoms with Gasteiger partial charge in [0, 0.05) is 11.3 Å². The van der Waals surface area contributed by atoms with Gasteiger partial charge < -0.3 is 0 Å². The Balaban J connectivity index is 2.15. The molecule has 0 radical (unpaired) electrons. The Morgan fingerprint density at radius 2 is 1.77 bits per heavy atom. The first-order valence-electron chi connectivity index (χ1n) is 4.13. The predicted molar refractivity (Wildman–Crippen MR) is 66.3 cm³/mol. The molecule has 0 bridgehead atoms. The Bertz CT molecular complexity index is 378. The maximum absolute atomic E-state index is 2.36. The number of thiophene rings is 1. The van der Waals surface area contributed by atoms with Crippen LogP contribution in [-0.2, 0) is 6.42 Å². The summed E-state index contributed by atoms with van der Waals surface area (Å²) in [6.45, 7) is 0. The van der Waals surface area contributed by atoms with Gasteiger partial charge in [-0.15, -0.1) is 11.3 Å². The summed E-state index contributed by atoms with van der Waals surface area (Å²) in [5.74, 6) is 0. The molecule has 0 aliphatic heterocycles. The van der Waals surface area contributed by atoms with E-state index in [2.05, 4.69) is 65.1 Å². The first-order valence-corrected chi connectivity index (χ1v) is 6.02. The molecule has 0 saturated heterocycles. The van der Waals surface area contributed by atoms with Gasteiger partial charge in [-0.25, -0.2) is 0 Å². The summed E-state index contributed by atoms with van der Waals surface area (Å²) in [6.07, 6.45) is 1.06. The standard InChI is InChI=1S/C11H9IS/c12-11-7-6-10(13-11)8-9-4-2-1-3-5-9/h1-7H,8H2. The van der Waals surface area contributed by atoms with Gasteiger partial charge in [0.25, 0.3) is 0 Å².